The molecule has 54 valence electrons. The highest BCUT2D eigenvalue weighted by molar-refractivity contribution is 5.71. The summed E-state index contributed by atoms with van der Waals surface area (Å²) in [7, 11) is 0. The fourth-order valence-corrected chi connectivity index (χ4v) is 1.46. The Labute approximate surface area is 60.2 Å². The molecule has 1 saturated carbocycles. The minimum absolute atomic E-state index is 0.0162. The first kappa shape index (κ1) is 7.14. The van der Waals surface area contributed by atoms with Crippen LogP contribution < -0.4 is 0 Å². The molecule has 10 heavy (non-hydrogen) atoms. The second-order valence-electron chi connectivity index (χ2n) is 2.65. The highest BCUT2D eigenvalue weighted by Gasteiger charge is 2.31. The maximum Gasteiger partial charge on any atom is 0.307 e. The van der Waals surface area contributed by atoms with Gasteiger partial charge in [0.1, 0.15) is 0 Å². The van der Waals surface area contributed by atoms with Gasteiger partial charge in [0.2, 0.25) is 0 Å². The van der Waals surface area contributed by atoms with E-state index in [1.807, 2.05) is 0 Å². The second kappa shape index (κ2) is 2.74. The summed E-state index contributed by atoms with van der Waals surface area (Å²) in [6.07, 6.45) is 7.75. The lowest BCUT2D eigenvalue weighted by molar-refractivity contribution is -0.142. The van der Waals surface area contributed by atoms with Crippen LogP contribution in [0.1, 0.15) is 19.3 Å². The number of terminal acetylenes is 1. The van der Waals surface area contributed by atoms with Gasteiger partial charge in [-0.1, -0.05) is 6.42 Å². The summed E-state index contributed by atoms with van der Waals surface area (Å²) in [6, 6.07) is 0. The predicted octanol–water partition coefficient (Wildman–Crippen LogP) is 1.12. The first-order valence-corrected chi connectivity index (χ1v) is 3.44. The van der Waals surface area contributed by atoms with Crippen molar-refractivity contribution in [1.29, 1.82) is 0 Å². The largest absolute Gasteiger partial charge is 0.481 e. The van der Waals surface area contributed by atoms with Crippen LogP contribution in [0.25, 0.3) is 0 Å². The van der Waals surface area contributed by atoms with E-state index in [4.69, 9.17) is 11.5 Å². The van der Waals surface area contributed by atoms with Crippen LogP contribution in [0.15, 0.2) is 0 Å². The Balaban J connectivity index is 2.61. The molecule has 0 amide bonds. The first-order chi connectivity index (χ1) is 4.75. The Hall–Kier alpha value is -0.970. The topological polar surface area (TPSA) is 37.3 Å². The number of hydrogen-bond acceptors (Lipinski definition) is 1. The van der Waals surface area contributed by atoms with Gasteiger partial charge >= 0.3 is 5.97 Å². The molecular weight excluding hydrogens is 128 g/mol. The molecule has 1 rings (SSSR count). The Morgan fingerprint density at radius 3 is 2.70 bits per heavy atom. The fourth-order valence-electron chi connectivity index (χ4n) is 1.46. The summed E-state index contributed by atoms with van der Waals surface area (Å²) in [5.74, 6) is 1.49. The van der Waals surface area contributed by atoms with Gasteiger partial charge in [-0.3, -0.25) is 4.79 Å². The van der Waals surface area contributed by atoms with Gasteiger partial charge in [-0.05, 0) is 12.8 Å². The van der Waals surface area contributed by atoms with E-state index in [1.165, 1.54) is 0 Å². The number of carbonyl (C=O) groups is 1. The van der Waals surface area contributed by atoms with Gasteiger partial charge in [0.25, 0.3) is 0 Å². The normalized spacial score (nSPS) is 31.5. The number of aliphatic carboxylic acids is 1. The Morgan fingerprint density at radius 2 is 2.30 bits per heavy atom. The molecule has 0 aromatic carbocycles. The predicted molar refractivity (Wildman–Crippen MR) is 37.3 cm³/mol. The molecule has 0 aromatic heterocycles. The molecule has 0 spiro atoms. The van der Waals surface area contributed by atoms with Gasteiger partial charge < -0.3 is 5.11 Å². The Bertz CT molecular complexity index is 178. The molecule has 0 bridgehead atoms. The van der Waals surface area contributed by atoms with Crippen molar-refractivity contribution in [2.45, 2.75) is 19.3 Å². The van der Waals surface area contributed by atoms with Crippen LogP contribution in [0.3, 0.4) is 0 Å². The zero-order valence-electron chi connectivity index (χ0n) is 5.71. The molecule has 2 heteroatoms. The molecule has 0 aromatic rings. The van der Waals surface area contributed by atoms with E-state index in [0.717, 1.165) is 19.3 Å². The lowest BCUT2D eigenvalue weighted by Crippen LogP contribution is -2.16. The molecule has 1 aliphatic carbocycles. The van der Waals surface area contributed by atoms with E-state index >= 15 is 0 Å². The third-order valence-corrected chi connectivity index (χ3v) is 2.05. The smallest absolute Gasteiger partial charge is 0.307 e. The third-order valence-electron chi connectivity index (χ3n) is 2.05. The summed E-state index contributed by atoms with van der Waals surface area (Å²) in [4.78, 5) is 10.5. The van der Waals surface area contributed by atoms with Gasteiger partial charge in [0.15, 0.2) is 0 Å². The molecule has 0 aliphatic heterocycles. The van der Waals surface area contributed by atoms with Gasteiger partial charge in [-0.25, -0.2) is 0 Å². The second-order valence-corrected chi connectivity index (χ2v) is 2.65. The minimum atomic E-state index is -0.736. The SMILES string of the molecule is C#CC1CCCC1C(=O)O. The molecule has 2 atom stereocenters. The van der Waals surface area contributed by atoms with E-state index in [-0.39, 0.29) is 11.8 Å². The summed E-state index contributed by atoms with van der Waals surface area (Å²) in [6.45, 7) is 0. The lowest BCUT2D eigenvalue weighted by Gasteiger charge is -2.06. The maximum atomic E-state index is 10.5. The fraction of sp³-hybridized carbons (Fsp3) is 0.625. The number of carboxylic acid groups (broad SMARTS) is 1. The van der Waals surface area contributed by atoms with Gasteiger partial charge in [0, 0.05) is 5.92 Å². The van der Waals surface area contributed by atoms with Crippen LogP contribution >= 0.6 is 0 Å². The third kappa shape index (κ3) is 1.13. The Kier molecular flexibility index (Phi) is 1.96. The van der Waals surface area contributed by atoms with Crippen LogP contribution in [-0.4, -0.2) is 11.1 Å². The van der Waals surface area contributed by atoms with Crippen molar-refractivity contribution in [2.24, 2.45) is 11.8 Å². The standard InChI is InChI=1S/C8H10O2/c1-2-6-4-3-5-7(6)8(9)10/h1,6-7H,3-5H2,(H,9,10). The van der Waals surface area contributed by atoms with Gasteiger partial charge in [0.05, 0.1) is 5.92 Å². The summed E-state index contributed by atoms with van der Waals surface area (Å²) < 4.78 is 0. The molecule has 0 radical (unpaired) electrons. The maximum absolute atomic E-state index is 10.5. The van der Waals surface area contributed by atoms with Gasteiger partial charge in [-0.15, -0.1) is 12.3 Å². The highest BCUT2D eigenvalue weighted by atomic mass is 16.4. The van der Waals surface area contributed by atoms with E-state index in [0.29, 0.717) is 0 Å². The van der Waals surface area contributed by atoms with Crippen LogP contribution in [0.2, 0.25) is 0 Å². The van der Waals surface area contributed by atoms with E-state index in [1.54, 1.807) is 0 Å². The molecule has 2 unspecified atom stereocenters. The van der Waals surface area contributed by atoms with Crippen molar-refractivity contribution in [1.82, 2.24) is 0 Å². The van der Waals surface area contributed by atoms with E-state index in [9.17, 15) is 4.79 Å². The molecule has 1 N–H and O–H groups in total. The van der Waals surface area contributed by atoms with Crippen molar-refractivity contribution < 1.29 is 9.90 Å². The molecule has 1 fully saturated rings. The Morgan fingerprint density at radius 1 is 1.60 bits per heavy atom. The lowest BCUT2D eigenvalue weighted by atomic mass is 9.97. The van der Waals surface area contributed by atoms with Crippen molar-refractivity contribution >= 4 is 5.97 Å². The summed E-state index contributed by atoms with van der Waals surface area (Å²) in [5, 5.41) is 8.62. The average Bonchev–Trinajstić information content (AvgIpc) is 2.33. The molecule has 1 aliphatic rings. The van der Waals surface area contributed by atoms with Crippen molar-refractivity contribution in [2.75, 3.05) is 0 Å². The van der Waals surface area contributed by atoms with Crippen LogP contribution in [-0.2, 0) is 4.79 Å². The van der Waals surface area contributed by atoms with E-state index < -0.39 is 5.97 Å². The molecule has 0 saturated heterocycles. The number of rotatable bonds is 1. The van der Waals surface area contributed by atoms with Gasteiger partial charge in [-0.2, -0.15) is 0 Å². The molecule has 2 nitrogen and oxygen atoms in total. The zero-order chi connectivity index (χ0) is 7.56. The highest BCUT2D eigenvalue weighted by Crippen LogP contribution is 2.30. The quantitative estimate of drug-likeness (QED) is 0.551. The van der Waals surface area contributed by atoms with E-state index in [2.05, 4.69) is 5.92 Å². The zero-order valence-corrected chi connectivity index (χ0v) is 5.71. The van der Waals surface area contributed by atoms with Crippen LogP contribution in [0.4, 0.5) is 0 Å². The summed E-state index contributed by atoms with van der Waals surface area (Å²) in [5.41, 5.74) is 0. The van der Waals surface area contributed by atoms with Crippen molar-refractivity contribution in [3.05, 3.63) is 0 Å². The number of hydrogen-bond donors (Lipinski definition) is 1. The van der Waals surface area contributed by atoms with Crippen LogP contribution in [0.5, 0.6) is 0 Å². The monoisotopic (exact) mass is 138 g/mol. The first-order valence-electron chi connectivity index (χ1n) is 3.44. The molecular formula is C8H10O2. The average molecular weight is 138 g/mol. The van der Waals surface area contributed by atoms with Crippen LogP contribution in [0, 0.1) is 24.2 Å². The van der Waals surface area contributed by atoms with Crippen molar-refractivity contribution in [3.63, 3.8) is 0 Å². The summed E-state index contributed by atoms with van der Waals surface area (Å²) >= 11 is 0. The number of carboxylic acids is 1. The molecule has 0 heterocycles. The minimum Gasteiger partial charge on any atom is -0.481 e. The van der Waals surface area contributed by atoms with Crippen molar-refractivity contribution in [3.8, 4) is 12.3 Å².